The standard InChI is InChI=1S/C32H67O4P/c1-7-8-9-10-11-17-28(2)18-12-19-29(3)20-13-21-30(4)22-14-23-31(5)24-15-25-32(6)26-16-27-36-37(33,34)35/h28-32H,7-27H2,1-6H3,(H2,33,34,35)/t28-,29-,30-,31-,32-/m0/s1. The second-order valence-corrected chi connectivity index (χ2v) is 14.2. The van der Waals surface area contributed by atoms with Gasteiger partial charge in [0.25, 0.3) is 0 Å². The molecule has 0 aromatic heterocycles. The monoisotopic (exact) mass is 546 g/mol. The van der Waals surface area contributed by atoms with Crippen LogP contribution in [0.15, 0.2) is 0 Å². The largest absolute Gasteiger partial charge is 0.469 e. The Kier molecular flexibility index (Phi) is 24.0. The highest BCUT2D eigenvalue weighted by Gasteiger charge is 2.13. The summed E-state index contributed by atoms with van der Waals surface area (Å²) < 4.78 is 15.2. The Morgan fingerprint density at radius 2 is 0.784 bits per heavy atom. The third kappa shape index (κ3) is 27.5. The van der Waals surface area contributed by atoms with Crippen LogP contribution in [-0.4, -0.2) is 16.4 Å². The van der Waals surface area contributed by atoms with E-state index in [9.17, 15) is 4.57 Å². The van der Waals surface area contributed by atoms with Crippen LogP contribution >= 0.6 is 7.82 Å². The Balaban J connectivity index is 3.62. The van der Waals surface area contributed by atoms with Crippen molar-refractivity contribution in [3.05, 3.63) is 0 Å². The molecule has 0 aliphatic heterocycles. The lowest BCUT2D eigenvalue weighted by atomic mass is 9.89. The Morgan fingerprint density at radius 3 is 1.11 bits per heavy atom. The molecular weight excluding hydrogens is 479 g/mol. The molecule has 0 bridgehead atoms. The number of phosphoric acid groups is 1. The predicted octanol–water partition coefficient (Wildman–Crippen LogP) is 11.1. The molecule has 0 aliphatic rings. The lowest BCUT2D eigenvalue weighted by molar-refractivity contribution is 0.190. The highest BCUT2D eigenvalue weighted by molar-refractivity contribution is 7.46. The van der Waals surface area contributed by atoms with Gasteiger partial charge in [0.1, 0.15) is 0 Å². The summed E-state index contributed by atoms with van der Waals surface area (Å²) in [5.74, 6) is 4.07. The normalized spacial score (nSPS) is 16.4. The molecule has 0 aromatic carbocycles. The molecule has 0 rings (SSSR count). The molecule has 224 valence electrons. The first-order valence-electron chi connectivity index (χ1n) is 16.2. The van der Waals surface area contributed by atoms with E-state index in [1.807, 2.05) is 0 Å². The second kappa shape index (κ2) is 24.0. The summed E-state index contributed by atoms with van der Waals surface area (Å²) in [7, 11) is -4.30. The first-order valence-corrected chi connectivity index (χ1v) is 17.8. The van der Waals surface area contributed by atoms with E-state index < -0.39 is 7.82 Å². The average Bonchev–Trinajstić information content (AvgIpc) is 2.81. The lowest BCUT2D eigenvalue weighted by Gasteiger charge is -2.17. The Bertz CT molecular complexity index is 535. The third-order valence-electron chi connectivity index (χ3n) is 8.48. The van der Waals surface area contributed by atoms with Gasteiger partial charge < -0.3 is 9.79 Å². The van der Waals surface area contributed by atoms with Gasteiger partial charge in [-0.2, -0.15) is 0 Å². The minimum atomic E-state index is -4.30. The number of hydrogen-bond donors (Lipinski definition) is 2. The summed E-state index contributed by atoms with van der Waals surface area (Å²) in [6.07, 6.45) is 26.5. The molecule has 0 saturated heterocycles. The maximum absolute atomic E-state index is 10.7. The van der Waals surface area contributed by atoms with Crippen molar-refractivity contribution in [1.29, 1.82) is 0 Å². The molecule has 0 radical (unpaired) electrons. The fraction of sp³-hybridized carbons (Fsp3) is 1.00. The van der Waals surface area contributed by atoms with Gasteiger partial charge in [-0.25, -0.2) is 4.57 Å². The van der Waals surface area contributed by atoms with E-state index in [1.54, 1.807) is 0 Å². The van der Waals surface area contributed by atoms with E-state index in [2.05, 4.69) is 46.1 Å². The Labute approximate surface area is 232 Å². The smallest absolute Gasteiger partial charge is 0.303 e. The molecule has 0 aromatic rings. The quantitative estimate of drug-likeness (QED) is 0.0794. The van der Waals surface area contributed by atoms with Gasteiger partial charge in [-0.05, 0) is 42.4 Å². The summed E-state index contributed by atoms with van der Waals surface area (Å²) in [5.41, 5.74) is 0. The SMILES string of the molecule is CCCCCCC[C@H](C)CCC[C@H](C)CCC[C@H](C)CCC[C@H](C)CCC[C@H](C)CCCOP(=O)(O)O. The van der Waals surface area contributed by atoms with Gasteiger partial charge in [-0.15, -0.1) is 0 Å². The van der Waals surface area contributed by atoms with E-state index in [1.165, 1.54) is 116 Å². The van der Waals surface area contributed by atoms with Crippen molar-refractivity contribution in [2.24, 2.45) is 29.6 Å². The van der Waals surface area contributed by atoms with Crippen molar-refractivity contribution < 1.29 is 18.9 Å². The Hall–Kier alpha value is 0.110. The summed E-state index contributed by atoms with van der Waals surface area (Å²) >= 11 is 0. The third-order valence-corrected chi connectivity index (χ3v) is 9.00. The first-order chi connectivity index (χ1) is 17.5. The number of hydrogen-bond acceptors (Lipinski definition) is 2. The van der Waals surface area contributed by atoms with Gasteiger partial charge in [0.2, 0.25) is 0 Å². The molecule has 0 saturated carbocycles. The molecule has 0 heterocycles. The summed E-state index contributed by atoms with van der Waals surface area (Å²) in [6, 6.07) is 0. The van der Waals surface area contributed by atoms with E-state index in [-0.39, 0.29) is 6.61 Å². The fourth-order valence-electron chi connectivity index (χ4n) is 5.69. The van der Waals surface area contributed by atoms with Crippen LogP contribution in [0.5, 0.6) is 0 Å². The zero-order chi connectivity index (χ0) is 27.9. The highest BCUT2D eigenvalue weighted by Crippen LogP contribution is 2.36. The second-order valence-electron chi connectivity index (χ2n) is 12.9. The summed E-state index contributed by atoms with van der Waals surface area (Å²) in [4.78, 5) is 17.4. The molecule has 5 atom stereocenters. The van der Waals surface area contributed by atoms with Crippen LogP contribution in [0.1, 0.15) is 170 Å². The van der Waals surface area contributed by atoms with E-state index in [0.717, 1.165) is 36.5 Å². The first kappa shape index (κ1) is 37.1. The van der Waals surface area contributed by atoms with Crippen LogP contribution in [0.25, 0.3) is 0 Å². The molecule has 2 N–H and O–H groups in total. The van der Waals surface area contributed by atoms with Crippen LogP contribution in [0.4, 0.5) is 0 Å². The topological polar surface area (TPSA) is 66.8 Å². The highest BCUT2D eigenvalue weighted by atomic mass is 31.2. The summed E-state index contributed by atoms with van der Waals surface area (Å²) in [6.45, 7) is 14.5. The lowest BCUT2D eigenvalue weighted by Crippen LogP contribution is -2.03. The molecule has 0 spiro atoms. The zero-order valence-electron chi connectivity index (χ0n) is 25.9. The molecule has 5 heteroatoms. The maximum atomic E-state index is 10.7. The molecule has 0 unspecified atom stereocenters. The van der Waals surface area contributed by atoms with Gasteiger partial charge in [-0.1, -0.05) is 157 Å². The minimum absolute atomic E-state index is 0.153. The van der Waals surface area contributed by atoms with Gasteiger partial charge in [0.05, 0.1) is 6.61 Å². The van der Waals surface area contributed by atoms with Crippen molar-refractivity contribution in [2.75, 3.05) is 6.61 Å². The fourth-order valence-corrected chi connectivity index (χ4v) is 6.06. The zero-order valence-corrected chi connectivity index (χ0v) is 26.8. The van der Waals surface area contributed by atoms with Gasteiger partial charge in [0.15, 0.2) is 0 Å². The molecule has 4 nitrogen and oxygen atoms in total. The number of rotatable bonds is 27. The molecule has 37 heavy (non-hydrogen) atoms. The van der Waals surface area contributed by atoms with Crippen molar-refractivity contribution in [3.63, 3.8) is 0 Å². The van der Waals surface area contributed by atoms with Crippen LogP contribution in [0, 0.1) is 29.6 Å². The maximum Gasteiger partial charge on any atom is 0.469 e. The van der Waals surface area contributed by atoms with E-state index in [0.29, 0.717) is 5.92 Å². The summed E-state index contributed by atoms with van der Waals surface area (Å²) in [5, 5.41) is 0. The molecule has 0 fully saturated rings. The van der Waals surface area contributed by atoms with E-state index in [4.69, 9.17) is 9.79 Å². The molecule has 0 amide bonds. The Morgan fingerprint density at radius 1 is 0.486 bits per heavy atom. The van der Waals surface area contributed by atoms with Crippen molar-refractivity contribution >= 4 is 7.82 Å². The van der Waals surface area contributed by atoms with Crippen molar-refractivity contribution in [2.45, 2.75) is 170 Å². The van der Waals surface area contributed by atoms with Crippen LogP contribution in [-0.2, 0) is 9.09 Å². The predicted molar refractivity (Wildman–Crippen MR) is 162 cm³/mol. The van der Waals surface area contributed by atoms with Crippen LogP contribution in [0.3, 0.4) is 0 Å². The number of unbranched alkanes of at least 4 members (excludes halogenated alkanes) is 4. The van der Waals surface area contributed by atoms with Crippen molar-refractivity contribution in [1.82, 2.24) is 0 Å². The minimum Gasteiger partial charge on any atom is -0.303 e. The average molecular weight is 547 g/mol. The van der Waals surface area contributed by atoms with Crippen LogP contribution in [0.2, 0.25) is 0 Å². The van der Waals surface area contributed by atoms with E-state index >= 15 is 0 Å². The van der Waals surface area contributed by atoms with Gasteiger partial charge in [-0.3, -0.25) is 4.52 Å². The molecule has 0 aliphatic carbocycles. The van der Waals surface area contributed by atoms with Crippen molar-refractivity contribution in [3.8, 4) is 0 Å². The van der Waals surface area contributed by atoms with Crippen LogP contribution < -0.4 is 0 Å². The molecular formula is C32H67O4P. The van der Waals surface area contributed by atoms with Gasteiger partial charge >= 0.3 is 7.82 Å². The number of phosphoric ester groups is 1. The van der Waals surface area contributed by atoms with Gasteiger partial charge in [0, 0.05) is 0 Å².